The Bertz CT molecular complexity index is 975. The molecule has 2 aromatic rings. The highest BCUT2D eigenvalue weighted by atomic mass is 32.2. The second-order valence-electron chi connectivity index (χ2n) is 6.51. The fraction of sp³-hybridized carbons (Fsp3) is 0.227. The number of nitrogens with zero attached hydrogens (tertiary/aromatic N) is 1. The number of hydrogen-bond acceptors (Lipinski definition) is 6. The molecule has 0 unspecified atom stereocenters. The van der Waals surface area contributed by atoms with Crippen LogP contribution in [0.25, 0.3) is 6.08 Å². The lowest BCUT2D eigenvalue weighted by molar-refractivity contribution is -0.137. The van der Waals surface area contributed by atoms with Crippen LogP contribution in [0.15, 0.2) is 53.4 Å². The zero-order valence-corrected chi connectivity index (χ0v) is 18.0. The predicted octanol–water partition coefficient (Wildman–Crippen LogP) is 4.34. The molecule has 3 rings (SSSR count). The molecule has 1 heterocycles. The number of carbonyl (C=O) groups is 2. The van der Waals surface area contributed by atoms with E-state index in [1.165, 1.54) is 16.7 Å². The summed E-state index contributed by atoms with van der Waals surface area (Å²) >= 11 is 6.48. The molecule has 30 heavy (non-hydrogen) atoms. The molecule has 156 valence electrons. The highest BCUT2D eigenvalue weighted by Gasteiger charge is 2.31. The smallest absolute Gasteiger partial charge is 0.303 e. The summed E-state index contributed by atoms with van der Waals surface area (Å²) in [6.45, 7) is 0.732. The number of carbonyl (C=O) groups excluding carboxylic acids is 1. The number of carboxylic acids is 1. The van der Waals surface area contributed by atoms with Crippen LogP contribution in [0.3, 0.4) is 0 Å². The molecule has 0 spiro atoms. The molecule has 0 aromatic heterocycles. The maximum absolute atomic E-state index is 12.7. The number of aliphatic carboxylic acids is 1. The van der Waals surface area contributed by atoms with Crippen LogP contribution in [0.1, 0.15) is 24.0 Å². The highest BCUT2D eigenvalue weighted by molar-refractivity contribution is 8.26. The van der Waals surface area contributed by atoms with Crippen molar-refractivity contribution in [2.24, 2.45) is 0 Å². The average molecular weight is 444 g/mol. The molecule has 0 bridgehead atoms. The number of benzene rings is 2. The normalized spacial score (nSPS) is 15.0. The van der Waals surface area contributed by atoms with Crippen LogP contribution >= 0.6 is 24.0 Å². The lowest BCUT2D eigenvalue weighted by Crippen LogP contribution is -2.29. The van der Waals surface area contributed by atoms with Gasteiger partial charge in [-0.2, -0.15) is 0 Å². The Morgan fingerprint density at radius 2 is 2.00 bits per heavy atom. The van der Waals surface area contributed by atoms with Crippen molar-refractivity contribution in [3.8, 4) is 11.5 Å². The van der Waals surface area contributed by atoms with Gasteiger partial charge in [-0.3, -0.25) is 14.5 Å². The van der Waals surface area contributed by atoms with E-state index in [2.05, 4.69) is 0 Å². The van der Waals surface area contributed by atoms with Gasteiger partial charge in [0.2, 0.25) is 0 Å². The Hall–Kier alpha value is -2.84. The fourth-order valence-electron chi connectivity index (χ4n) is 2.86. The zero-order chi connectivity index (χ0) is 21.5. The fourth-order valence-corrected chi connectivity index (χ4v) is 4.16. The third kappa shape index (κ3) is 5.61. The van der Waals surface area contributed by atoms with Gasteiger partial charge in [0, 0.05) is 24.6 Å². The highest BCUT2D eigenvalue weighted by Crippen LogP contribution is 2.35. The van der Waals surface area contributed by atoms with E-state index in [9.17, 15) is 9.59 Å². The standard InChI is InChI=1S/C22H21NO5S2/c1-27-18-13-17(28-14-15-6-3-2-4-7-15)10-9-16(18)12-19-21(26)23(22(29)30-19)11-5-8-20(24)25/h2-4,6-7,9-10,12-13H,5,8,11,14H2,1H3,(H,24,25)/b19-12-. The van der Waals surface area contributed by atoms with Crippen molar-refractivity contribution in [3.63, 3.8) is 0 Å². The summed E-state index contributed by atoms with van der Waals surface area (Å²) in [5, 5.41) is 8.77. The van der Waals surface area contributed by atoms with Crippen LogP contribution in [-0.4, -0.2) is 39.9 Å². The van der Waals surface area contributed by atoms with Crippen LogP contribution in [-0.2, 0) is 16.2 Å². The minimum Gasteiger partial charge on any atom is -0.496 e. The molecule has 0 atom stereocenters. The van der Waals surface area contributed by atoms with Crippen LogP contribution in [0.5, 0.6) is 11.5 Å². The number of hydrogen-bond donors (Lipinski definition) is 1. The maximum Gasteiger partial charge on any atom is 0.303 e. The summed E-state index contributed by atoms with van der Waals surface area (Å²) < 4.78 is 11.7. The van der Waals surface area contributed by atoms with Gasteiger partial charge in [-0.05, 0) is 30.2 Å². The number of ether oxygens (including phenoxy) is 2. The van der Waals surface area contributed by atoms with Crippen molar-refractivity contribution in [3.05, 3.63) is 64.6 Å². The van der Waals surface area contributed by atoms with Gasteiger partial charge in [-0.15, -0.1) is 0 Å². The third-order valence-electron chi connectivity index (χ3n) is 4.39. The van der Waals surface area contributed by atoms with Crippen LogP contribution in [0.2, 0.25) is 0 Å². The van der Waals surface area contributed by atoms with Crippen molar-refractivity contribution < 1.29 is 24.2 Å². The summed E-state index contributed by atoms with van der Waals surface area (Å²) in [7, 11) is 1.56. The van der Waals surface area contributed by atoms with Gasteiger partial charge in [0.1, 0.15) is 22.4 Å². The molecule has 1 amide bonds. The van der Waals surface area contributed by atoms with E-state index in [0.29, 0.717) is 33.8 Å². The monoisotopic (exact) mass is 443 g/mol. The summed E-state index contributed by atoms with van der Waals surface area (Å²) in [5.74, 6) is 0.128. The van der Waals surface area contributed by atoms with Crippen molar-refractivity contribution in [2.45, 2.75) is 19.4 Å². The third-order valence-corrected chi connectivity index (χ3v) is 5.76. The van der Waals surface area contributed by atoms with Gasteiger partial charge in [-0.25, -0.2) is 0 Å². The van der Waals surface area contributed by atoms with E-state index < -0.39 is 5.97 Å². The first kappa shape index (κ1) is 21.9. The molecular weight excluding hydrogens is 422 g/mol. The molecule has 1 aliphatic rings. The van der Waals surface area contributed by atoms with Crippen molar-refractivity contribution in [1.29, 1.82) is 0 Å². The van der Waals surface area contributed by atoms with E-state index >= 15 is 0 Å². The number of thioether (sulfide) groups is 1. The topological polar surface area (TPSA) is 76.1 Å². The number of rotatable bonds is 9. The van der Waals surface area contributed by atoms with E-state index in [0.717, 1.165) is 11.1 Å². The molecule has 1 fully saturated rings. The van der Waals surface area contributed by atoms with Crippen molar-refractivity contribution in [2.75, 3.05) is 13.7 Å². The molecular formula is C22H21NO5S2. The molecule has 1 aliphatic heterocycles. The number of thiocarbonyl (C=S) groups is 1. The Labute approximate surface area is 184 Å². The van der Waals surface area contributed by atoms with Gasteiger partial charge in [0.05, 0.1) is 12.0 Å². The Kier molecular flexibility index (Phi) is 7.48. The second kappa shape index (κ2) is 10.3. The second-order valence-corrected chi connectivity index (χ2v) is 8.18. The van der Waals surface area contributed by atoms with Crippen LogP contribution < -0.4 is 9.47 Å². The van der Waals surface area contributed by atoms with Gasteiger partial charge in [-0.1, -0.05) is 54.3 Å². The van der Waals surface area contributed by atoms with E-state index in [4.69, 9.17) is 26.8 Å². The van der Waals surface area contributed by atoms with Gasteiger partial charge < -0.3 is 14.6 Å². The van der Waals surface area contributed by atoms with Crippen molar-refractivity contribution >= 4 is 46.3 Å². The van der Waals surface area contributed by atoms with E-state index in [-0.39, 0.29) is 18.9 Å². The molecule has 1 N–H and O–H groups in total. The molecule has 0 radical (unpaired) electrons. The Morgan fingerprint density at radius 1 is 1.23 bits per heavy atom. The van der Waals surface area contributed by atoms with E-state index in [1.54, 1.807) is 19.3 Å². The summed E-state index contributed by atoms with van der Waals surface area (Å²) in [4.78, 5) is 25.3. The summed E-state index contributed by atoms with van der Waals surface area (Å²) in [5.41, 5.74) is 1.79. The molecule has 1 saturated heterocycles. The first-order valence-electron chi connectivity index (χ1n) is 9.30. The molecule has 0 saturated carbocycles. The lowest BCUT2D eigenvalue weighted by Gasteiger charge is -2.13. The van der Waals surface area contributed by atoms with Gasteiger partial charge in [0.15, 0.2) is 0 Å². The first-order valence-corrected chi connectivity index (χ1v) is 10.5. The average Bonchev–Trinajstić information content (AvgIpc) is 3.01. The summed E-state index contributed by atoms with van der Waals surface area (Å²) in [6.07, 6.45) is 2.08. The minimum absolute atomic E-state index is 0.00558. The lowest BCUT2D eigenvalue weighted by atomic mass is 10.1. The number of methoxy groups -OCH3 is 1. The Balaban J connectivity index is 1.70. The number of carboxylic acid groups (broad SMARTS) is 1. The SMILES string of the molecule is COc1cc(OCc2ccccc2)ccc1/C=C1\SC(=S)N(CCCC(=O)O)C1=O. The predicted molar refractivity (Wildman–Crippen MR) is 121 cm³/mol. The van der Waals surface area contributed by atoms with E-state index in [1.807, 2.05) is 42.5 Å². The molecule has 0 aliphatic carbocycles. The molecule has 6 nitrogen and oxygen atoms in total. The van der Waals surface area contributed by atoms with Gasteiger partial charge in [0.25, 0.3) is 5.91 Å². The quantitative estimate of drug-likeness (QED) is 0.456. The molecule has 2 aromatic carbocycles. The Morgan fingerprint density at radius 3 is 2.70 bits per heavy atom. The maximum atomic E-state index is 12.7. The van der Waals surface area contributed by atoms with Crippen LogP contribution in [0, 0.1) is 0 Å². The largest absolute Gasteiger partial charge is 0.496 e. The minimum atomic E-state index is -0.893. The van der Waals surface area contributed by atoms with Crippen molar-refractivity contribution in [1.82, 2.24) is 4.90 Å². The molecule has 8 heteroatoms. The van der Waals surface area contributed by atoms with Gasteiger partial charge >= 0.3 is 5.97 Å². The number of amides is 1. The van der Waals surface area contributed by atoms with Crippen LogP contribution in [0.4, 0.5) is 0 Å². The first-order chi connectivity index (χ1) is 14.5. The summed E-state index contributed by atoms with van der Waals surface area (Å²) in [6, 6.07) is 15.3. The zero-order valence-electron chi connectivity index (χ0n) is 16.4.